The van der Waals surface area contributed by atoms with Crippen LogP contribution in [-0.4, -0.2) is 35.7 Å². The van der Waals surface area contributed by atoms with Gasteiger partial charge in [0.1, 0.15) is 17.3 Å². The third kappa shape index (κ3) is 4.29. The summed E-state index contributed by atoms with van der Waals surface area (Å²) in [6.45, 7) is 1.98. The number of nitrogens with zero attached hydrogens (tertiary/aromatic N) is 3. The summed E-state index contributed by atoms with van der Waals surface area (Å²) in [6.07, 6.45) is 1.28. The predicted octanol–water partition coefficient (Wildman–Crippen LogP) is 5.03. The number of rotatable bonds is 8. The summed E-state index contributed by atoms with van der Waals surface area (Å²) in [5.74, 6) is 2.65. The van der Waals surface area contributed by atoms with Crippen LogP contribution in [0.2, 0.25) is 0 Å². The fourth-order valence-corrected chi connectivity index (χ4v) is 4.54. The van der Waals surface area contributed by atoms with E-state index >= 15 is 0 Å². The van der Waals surface area contributed by atoms with Crippen LogP contribution in [0.4, 0.5) is 5.69 Å². The molecule has 0 unspecified atom stereocenters. The van der Waals surface area contributed by atoms with E-state index < -0.39 is 0 Å². The molecule has 3 aromatic carbocycles. The molecule has 6 heteroatoms. The molecule has 0 saturated carbocycles. The summed E-state index contributed by atoms with van der Waals surface area (Å²) in [5.41, 5.74) is 2.86. The zero-order valence-corrected chi connectivity index (χ0v) is 18.7. The van der Waals surface area contributed by atoms with Crippen molar-refractivity contribution < 1.29 is 14.3 Å². The van der Waals surface area contributed by atoms with Crippen molar-refractivity contribution in [1.29, 1.82) is 0 Å². The number of imidazole rings is 1. The van der Waals surface area contributed by atoms with Crippen LogP contribution >= 0.6 is 0 Å². The van der Waals surface area contributed by atoms with Gasteiger partial charge in [0.25, 0.3) is 0 Å². The second-order valence-corrected chi connectivity index (χ2v) is 8.20. The van der Waals surface area contributed by atoms with Crippen LogP contribution in [-0.2, 0) is 11.3 Å². The van der Waals surface area contributed by atoms with Gasteiger partial charge >= 0.3 is 0 Å². The summed E-state index contributed by atoms with van der Waals surface area (Å²) in [4.78, 5) is 19.8. The topological polar surface area (TPSA) is 56.6 Å². The molecule has 1 saturated heterocycles. The Morgan fingerprint density at radius 1 is 0.970 bits per heavy atom. The van der Waals surface area contributed by atoms with Crippen molar-refractivity contribution in [2.45, 2.75) is 25.3 Å². The van der Waals surface area contributed by atoms with E-state index in [4.69, 9.17) is 14.5 Å². The number of fused-ring (bicyclic) bond motifs is 1. The molecule has 0 radical (unpaired) electrons. The Bertz CT molecular complexity index is 1250. The molecule has 1 amide bonds. The predicted molar refractivity (Wildman–Crippen MR) is 129 cm³/mol. The molecule has 1 aliphatic rings. The van der Waals surface area contributed by atoms with Crippen LogP contribution in [0, 0.1) is 0 Å². The molecule has 168 valence electrons. The van der Waals surface area contributed by atoms with E-state index in [0.29, 0.717) is 25.3 Å². The number of methoxy groups -OCH3 is 1. The lowest BCUT2D eigenvalue weighted by Gasteiger charge is -2.19. The van der Waals surface area contributed by atoms with Gasteiger partial charge in [-0.25, -0.2) is 4.98 Å². The van der Waals surface area contributed by atoms with Gasteiger partial charge in [0.2, 0.25) is 5.91 Å². The van der Waals surface area contributed by atoms with Gasteiger partial charge in [-0.3, -0.25) is 4.79 Å². The van der Waals surface area contributed by atoms with Crippen LogP contribution < -0.4 is 14.4 Å². The molecular formula is C27H27N3O3. The van der Waals surface area contributed by atoms with E-state index in [1.165, 1.54) is 0 Å². The Kier molecular flexibility index (Phi) is 5.98. The minimum atomic E-state index is 0.0184. The summed E-state index contributed by atoms with van der Waals surface area (Å²) in [6, 6.07) is 25.7. The molecule has 4 aromatic rings. The van der Waals surface area contributed by atoms with Crippen molar-refractivity contribution >= 4 is 22.6 Å². The van der Waals surface area contributed by atoms with E-state index in [1.54, 1.807) is 7.11 Å². The molecule has 0 spiro atoms. The molecule has 6 nitrogen and oxygen atoms in total. The van der Waals surface area contributed by atoms with Gasteiger partial charge in [0.15, 0.2) is 0 Å². The molecule has 33 heavy (non-hydrogen) atoms. The number of benzene rings is 3. The van der Waals surface area contributed by atoms with Crippen molar-refractivity contribution in [1.82, 2.24) is 9.55 Å². The Morgan fingerprint density at radius 3 is 2.58 bits per heavy atom. The molecule has 0 aliphatic carbocycles. The molecule has 1 fully saturated rings. The largest absolute Gasteiger partial charge is 0.495 e. The summed E-state index contributed by atoms with van der Waals surface area (Å²) >= 11 is 0. The zero-order chi connectivity index (χ0) is 22.6. The highest BCUT2D eigenvalue weighted by Gasteiger charge is 2.35. The number of ether oxygens (including phenoxy) is 2. The number of carbonyl (C=O) groups excluding carboxylic acids is 1. The number of aromatic nitrogens is 2. The highest BCUT2D eigenvalue weighted by Crippen LogP contribution is 2.37. The van der Waals surface area contributed by atoms with E-state index in [-0.39, 0.29) is 11.8 Å². The maximum atomic E-state index is 13.0. The van der Waals surface area contributed by atoms with E-state index in [2.05, 4.69) is 10.6 Å². The smallest absolute Gasteiger partial charge is 0.227 e. The van der Waals surface area contributed by atoms with Crippen LogP contribution in [0.5, 0.6) is 11.5 Å². The molecule has 2 heterocycles. The molecule has 1 atom stereocenters. The lowest BCUT2D eigenvalue weighted by Crippen LogP contribution is -2.25. The molecule has 0 bridgehead atoms. The average Bonchev–Trinajstić information content (AvgIpc) is 3.43. The summed E-state index contributed by atoms with van der Waals surface area (Å²) in [7, 11) is 1.63. The van der Waals surface area contributed by atoms with E-state index in [9.17, 15) is 4.79 Å². The summed E-state index contributed by atoms with van der Waals surface area (Å²) < 4.78 is 13.6. The SMILES string of the molecule is COc1ccccc1N1C[C@H](c2nc3ccccc3n2CCCOc2ccccc2)CC1=O. The van der Waals surface area contributed by atoms with E-state index in [1.807, 2.05) is 77.7 Å². The Labute approximate surface area is 193 Å². The van der Waals surface area contributed by atoms with Crippen molar-refractivity contribution in [2.24, 2.45) is 0 Å². The molecule has 5 rings (SSSR count). The van der Waals surface area contributed by atoms with E-state index in [0.717, 1.165) is 41.3 Å². The monoisotopic (exact) mass is 441 g/mol. The fourth-order valence-electron chi connectivity index (χ4n) is 4.54. The maximum Gasteiger partial charge on any atom is 0.227 e. The van der Waals surface area contributed by atoms with Crippen molar-refractivity contribution in [2.75, 3.05) is 25.2 Å². The van der Waals surface area contributed by atoms with Crippen LogP contribution in [0.15, 0.2) is 78.9 Å². The summed E-state index contributed by atoms with van der Waals surface area (Å²) in [5, 5.41) is 0. The zero-order valence-electron chi connectivity index (χ0n) is 18.7. The van der Waals surface area contributed by atoms with Crippen molar-refractivity contribution in [3.8, 4) is 11.5 Å². The fraction of sp³-hybridized carbons (Fsp3) is 0.259. The first-order valence-corrected chi connectivity index (χ1v) is 11.3. The third-order valence-corrected chi connectivity index (χ3v) is 6.09. The number of aryl methyl sites for hydroxylation is 1. The minimum absolute atomic E-state index is 0.0184. The highest BCUT2D eigenvalue weighted by molar-refractivity contribution is 5.97. The third-order valence-electron chi connectivity index (χ3n) is 6.09. The number of anilines is 1. The lowest BCUT2D eigenvalue weighted by molar-refractivity contribution is -0.117. The van der Waals surface area contributed by atoms with Crippen LogP contribution in [0.3, 0.4) is 0 Å². The Balaban J connectivity index is 1.37. The normalized spacial score (nSPS) is 15.8. The Morgan fingerprint density at radius 2 is 1.73 bits per heavy atom. The number of para-hydroxylation sites is 5. The standard InChI is InChI=1S/C27H27N3O3/c1-32-25-15-8-7-14-24(25)30-19-20(18-26(30)31)27-28-22-12-5-6-13-23(22)29(27)16-9-17-33-21-10-3-2-4-11-21/h2-8,10-15,20H,9,16-19H2,1H3/t20-/m1/s1. The highest BCUT2D eigenvalue weighted by atomic mass is 16.5. The van der Waals surface area contributed by atoms with Gasteiger partial charge in [-0.1, -0.05) is 42.5 Å². The minimum Gasteiger partial charge on any atom is -0.495 e. The first-order chi connectivity index (χ1) is 16.2. The van der Waals surface area contributed by atoms with Gasteiger partial charge in [-0.05, 0) is 42.8 Å². The Hall–Kier alpha value is -3.80. The lowest BCUT2D eigenvalue weighted by atomic mass is 10.1. The molecule has 0 N–H and O–H groups in total. The van der Waals surface area contributed by atoms with Gasteiger partial charge in [-0.2, -0.15) is 0 Å². The molecule has 1 aromatic heterocycles. The van der Waals surface area contributed by atoms with Gasteiger partial charge in [0, 0.05) is 25.4 Å². The number of hydrogen-bond acceptors (Lipinski definition) is 4. The van der Waals surface area contributed by atoms with Gasteiger partial charge < -0.3 is 18.9 Å². The quantitative estimate of drug-likeness (QED) is 0.360. The number of hydrogen-bond donors (Lipinski definition) is 0. The first kappa shape index (κ1) is 21.1. The molecular weight excluding hydrogens is 414 g/mol. The number of carbonyl (C=O) groups is 1. The van der Waals surface area contributed by atoms with Crippen molar-refractivity contribution in [3.63, 3.8) is 0 Å². The molecule has 1 aliphatic heterocycles. The second kappa shape index (κ2) is 9.36. The average molecular weight is 442 g/mol. The van der Waals surface area contributed by atoms with Crippen LogP contribution in [0.25, 0.3) is 11.0 Å². The maximum absolute atomic E-state index is 13.0. The van der Waals surface area contributed by atoms with Gasteiger partial charge in [-0.15, -0.1) is 0 Å². The first-order valence-electron chi connectivity index (χ1n) is 11.3. The van der Waals surface area contributed by atoms with Crippen LogP contribution in [0.1, 0.15) is 24.6 Å². The van der Waals surface area contributed by atoms with Crippen molar-refractivity contribution in [3.05, 3.63) is 84.7 Å². The number of amides is 1. The second-order valence-electron chi connectivity index (χ2n) is 8.20. The van der Waals surface area contributed by atoms with Gasteiger partial charge in [0.05, 0.1) is 30.4 Å².